The first-order chi connectivity index (χ1) is 5.20. The average molecular weight is 155 g/mol. The lowest BCUT2D eigenvalue weighted by Crippen LogP contribution is -2.30. The second-order valence-electron chi connectivity index (χ2n) is 3.60. The Hall–Kier alpha value is -0.370. The molecule has 64 valence electrons. The molecule has 0 heterocycles. The smallest absolute Gasteiger partial charge is 0.146 e. The van der Waals surface area contributed by atoms with Crippen molar-refractivity contribution in [2.24, 2.45) is 11.7 Å². The summed E-state index contributed by atoms with van der Waals surface area (Å²) in [5.74, 6) is 0.866. The van der Waals surface area contributed by atoms with Gasteiger partial charge in [0.15, 0.2) is 0 Å². The van der Waals surface area contributed by atoms with E-state index in [9.17, 15) is 4.79 Å². The number of rotatable bonds is 3. The molecule has 2 N–H and O–H groups in total. The minimum atomic E-state index is -0.196. The predicted molar refractivity (Wildman–Crippen MR) is 45.2 cm³/mol. The summed E-state index contributed by atoms with van der Waals surface area (Å²) in [4.78, 5) is 10.8. The molecular weight excluding hydrogens is 138 g/mol. The Morgan fingerprint density at radius 3 is 2.55 bits per heavy atom. The largest absolute Gasteiger partial charge is 0.322 e. The average Bonchev–Trinajstić information content (AvgIpc) is 2.39. The van der Waals surface area contributed by atoms with Crippen LogP contribution in [0.5, 0.6) is 0 Å². The van der Waals surface area contributed by atoms with E-state index in [1.807, 2.05) is 0 Å². The molecule has 0 amide bonds. The Bertz CT molecular complexity index is 138. The molecule has 1 aliphatic rings. The Morgan fingerprint density at radius 2 is 2.09 bits per heavy atom. The molecule has 0 aliphatic heterocycles. The molecule has 0 bridgehead atoms. The maximum absolute atomic E-state index is 10.8. The fraction of sp³-hybridized carbons (Fsp3) is 0.889. The Kier molecular flexibility index (Phi) is 3.06. The van der Waals surface area contributed by atoms with E-state index in [1.165, 1.54) is 25.7 Å². The lowest BCUT2D eigenvalue weighted by molar-refractivity contribution is -0.118. The zero-order valence-corrected chi connectivity index (χ0v) is 7.18. The highest BCUT2D eigenvalue weighted by Gasteiger charge is 2.19. The summed E-state index contributed by atoms with van der Waals surface area (Å²) >= 11 is 0. The molecule has 2 heteroatoms. The first kappa shape index (κ1) is 8.72. The normalized spacial score (nSPS) is 22.0. The van der Waals surface area contributed by atoms with E-state index >= 15 is 0 Å². The summed E-state index contributed by atoms with van der Waals surface area (Å²) in [6, 6.07) is -0.196. The first-order valence-electron chi connectivity index (χ1n) is 4.46. The third kappa shape index (κ3) is 2.62. The number of hydrogen-bond acceptors (Lipinski definition) is 2. The Labute approximate surface area is 68.2 Å². The van der Waals surface area contributed by atoms with Crippen LogP contribution in [0.1, 0.15) is 39.0 Å². The van der Waals surface area contributed by atoms with Gasteiger partial charge < -0.3 is 5.73 Å². The number of nitrogens with two attached hydrogens (primary N) is 1. The maximum atomic E-state index is 10.8. The highest BCUT2D eigenvalue weighted by atomic mass is 16.1. The minimum Gasteiger partial charge on any atom is -0.322 e. The summed E-state index contributed by atoms with van der Waals surface area (Å²) in [6.07, 6.45) is 6.13. The van der Waals surface area contributed by atoms with Gasteiger partial charge in [-0.1, -0.05) is 25.7 Å². The van der Waals surface area contributed by atoms with Crippen molar-refractivity contribution in [1.82, 2.24) is 0 Å². The standard InChI is InChI=1S/C9H17NO/c1-7(11)9(10)6-8-4-2-3-5-8/h8-9H,2-6,10H2,1H3/t9-/m1/s1. The van der Waals surface area contributed by atoms with Crippen LogP contribution in [0.4, 0.5) is 0 Å². The zero-order valence-electron chi connectivity index (χ0n) is 7.18. The van der Waals surface area contributed by atoms with Crippen molar-refractivity contribution >= 4 is 5.78 Å². The third-order valence-electron chi connectivity index (χ3n) is 2.58. The van der Waals surface area contributed by atoms with Crippen LogP contribution in [0.2, 0.25) is 0 Å². The second kappa shape index (κ2) is 3.86. The van der Waals surface area contributed by atoms with Crippen LogP contribution in [0.3, 0.4) is 0 Å². The van der Waals surface area contributed by atoms with E-state index in [-0.39, 0.29) is 11.8 Å². The molecule has 0 spiro atoms. The maximum Gasteiger partial charge on any atom is 0.146 e. The molecule has 0 saturated heterocycles. The summed E-state index contributed by atoms with van der Waals surface area (Å²) in [7, 11) is 0. The molecule has 1 fully saturated rings. The van der Waals surface area contributed by atoms with Crippen molar-refractivity contribution in [3.8, 4) is 0 Å². The monoisotopic (exact) mass is 155 g/mol. The van der Waals surface area contributed by atoms with Gasteiger partial charge in [0.2, 0.25) is 0 Å². The van der Waals surface area contributed by atoms with E-state index in [0.29, 0.717) is 0 Å². The van der Waals surface area contributed by atoms with Gasteiger partial charge in [-0.2, -0.15) is 0 Å². The second-order valence-corrected chi connectivity index (χ2v) is 3.60. The molecule has 0 radical (unpaired) electrons. The van der Waals surface area contributed by atoms with Crippen LogP contribution in [-0.2, 0) is 4.79 Å². The minimum absolute atomic E-state index is 0.136. The van der Waals surface area contributed by atoms with Gasteiger partial charge in [0.1, 0.15) is 5.78 Å². The molecule has 2 nitrogen and oxygen atoms in total. The van der Waals surface area contributed by atoms with Gasteiger partial charge in [-0.3, -0.25) is 4.79 Å². The van der Waals surface area contributed by atoms with Crippen LogP contribution < -0.4 is 5.73 Å². The lowest BCUT2D eigenvalue weighted by Gasteiger charge is -2.12. The van der Waals surface area contributed by atoms with Crippen molar-refractivity contribution in [1.29, 1.82) is 0 Å². The van der Waals surface area contributed by atoms with Crippen molar-refractivity contribution < 1.29 is 4.79 Å². The van der Waals surface area contributed by atoms with Gasteiger partial charge in [-0.25, -0.2) is 0 Å². The van der Waals surface area contributed by atoms with Gasteiger partial charge in [0.05, 0.1) is 6.04 Å². The van der Waals surface area contributed by atoms with Crippen LogP contribution in [0.15, 0.2) is 0 Å². The number of hydrogen-bond donors (Lipinski definition) is 1. The molecule has 0 aromatic rings. The van der Waals surface area contributed by atoms with Gasteiger partial charge in [0, 0.05) is 0 Å². The molecular formula is C9H17NO. The molecule has 1 rings (SSSR count). The third-order valence-corrected chi connectivity index (χ3v) is 2.58. The predicted octanol–water partition coefficient (Wildman–Crippen LogP) is 1.48. The van der Waals surface area contributed by atoms with E-state index < -0.39 is 0 Å². The topological polar surface area (TPSA) is 43.1 Å². The fourth-order valence-electron chi connectivity index (χ4n) is 1.77. The highest BCUT2D eigenvalue weighted by Crippen LogP contribution is 2.28. The number of carbonyl (C=O) groups is 1. The molecule has 11 heavy (non-hydrogen) atoms. The summed E-state index contributed by atoms with van der Waals surface area (Å²) in [6.45, 7) is 1.58. The number of ketones is 1. The molecule has 1 atom stereocenters. The van der Waals surface area contributed by atoms with Crippen LogP contribution in [0.25, 0.3) is 0 Å². The van der Waals surface area contributed by atoms with Crippen molar-refractivity contribution in [2.75, 3.05) is 0 Å². The van der Waals surface area contributed by atoms with E-state index in [2.05, 4.69) is 0 Å². The van der Waals surface area contributed by atoms with Gasteiger partial charge in [-0.05, 0) is 19.3 Å². The fourth-order valence-corrected chi connectivity index (χ4v) is 1.77. The van der Waals surface area contributed by atoms with E-state index in [0.717, 1.165) is 12.3 Å². The quantitative estimate of drug-likeness (QED) is 0.671. The van der Waals surface area contributed by atoms with Crippen LogP contribution >= 0.6 is 0 Å². The van der Waals surface area contributed by atoms with Crippen LogP contribution in [0, 0.1) is 5.92 Å². The molecule has 0 aromatic carbocycles. The molecule has 0 unspecified atom stereocenters. The number of carbonyl (C=O) groups excluding carboxylic acids is 1. The van der Waals surface area contributed by atoms with Crippen molar-refractivity contribution in [3.05, 3.63) is 0 Å². The molecule has 0 aromatic heterocycles. The van der Waals surface area contributed by atoms with Crippen molar-refractivity contribution in [3.63, 3.8) is 0 Å². The Morgan fingerprint density at radius 1 is 1.55 bits per heavy atom. The van der Waals surface area contributed by atoms with Gasteiger partial charge in [-0.15, -0.1) is 0 Å². The molecule has 1 aliphatic carbocycles. The zero-order chi connectivity index (χ0) is 8.27. The highest BCUT2D eigenvalue weighted by molar-refractivity contribution is 5.81. The Balaban J connectivity index is 2.23. The summed E-state index contributed by atoms with van der Waals surface area (Å²) in [5, 5.41) is 0. The SMILES string of the molecule is CC(=O)[C@H](N)CC1CCCC1. The lowest BCUT2D eigenvalue weighted by atomic mass is 9.97. The van der Waals surface area contributed by atoms with E-state index in [1.54, 1.807) is 6.92 Å². The van der Waals surface area contributed by atoms with Gasteiger partial charge in [0.25, 0.3) is 0 Å². The molecule has 1 saturated carbocycles. The number of Topliss-reactive ketones (excluding diaryl/α,β-unsaturated/α-hetero) is 1. The first-order valence-corrected chi connectivity index (χ1v) is 4.46. The summed E-state index contributed by atoms with van der Waals surface area (Å²) < 4.78 is 0. The van der Waals surface area contributed by atoms with Crippen molar-refractivity contribution in [2.45, 2.75) is 45.1 Å². The summed E-state index contributed by atoms with van der Waals surface area (Å²) in [5.41, 5.74) is 5.65. The van der Waals surface area contributed by atoms with E-state index in [4.69, 9.17) is 5.73 Å². The van der Waals surface area contributed by atoms with Crippen LogP contribution in [-0.4, -0.2) is 11.8 Å². The van der Waals surface area contributed by atoms with Gasteiger partial charge >= 0.3 is 0 Å².